The average Bonchev–Trinajstić information content (AvgIpc) is 3.76. The summed E-state index contributed by atoms with van der Waals surface area (Å²) in [7, 11) is -3.28. The van der Waals surface area contributed by atoms with E-state index in [0.29, 0.717) is 36.1 Å². The van der Waals surface area contributed by atoms with Crippen LogP contribution in [-0.2, 0) is 19.6 Å². The SMILES string of the molecule is O=C(Nc1cc(-c2cccc(NCC3CCOCC3)c2)c(Cl)cn1)[C@H]1CCCN(S(=O)(=O)C2CC2)C1. The molecule has 1 atom stereocenters. The topological polar surface area (TPSA) is 101 Å². The Hall–Kier alpha value is -2.20. The highest BCUT2D eigenvalue weighted by molar-refractivity contribution is 7.90. The van der Waals surface area contributed by atoms with Gasteiger partial charge in [-0.2, -0.15) is 0 Å². The van der Waals surface area contributed by atoms with Crippen molar-refractivity contribution in [3.05, 3.63) is 41.6 Å². The summed E-state index contributed by atoms with van der Waals surface area (Å²) in [4.78, 5) is 17.3. The number of sulfonamides is 1. The second-order valence-corrected chi connectivity index (χ2v) is 12.6. The van der Waals surface area contributed by atoms with Crippen molar-refractivity contribution in [2.75, 3.05) is 43.5 Å². The number of amides is 1. The minimum atomic E-state index is -3.28. The number of benzene rings is 1. The first-order chi connectivity index (χ1) is 17.4. The molecular formula is C26H33ClN4O4S. The van der Waals surface area contributed by atoms with E-state index >= 15 is 0 Å². The molecule has 0 spiro atoms. The lowest BCUT2D eigenvalue weighted by Crippen LogP contribution is -2.45. The van der Waals surface area contributed by atoms with Crippen LogP contribution in [0.2, 0.25) is 5.02 Å². The minimum absolute atomic E-state index is 0.210. The molecule has 3 aliphatic rings. The highest BCUT2D eigenvalue weighted by atomic mass is 35.5. The quantitative estimate of drug-likeness (QED) is 0.523. The van der Waals surface area contributed by atoms with Gasteiger partial charge in [-0.1, -0.05) is 23.7 Å². The van der Waals surface area contributed by atoms with Gasteiger partial charge < -0.3 is 15.4 Å². The number of pyridine rings is 1. The fourth-order valence-corrected chi connectivity index (χ4v) is 7.07. The Morgan fingerprint density at radius 3 is 2.72 bits per heavy atom. The van der Waals surface area contributed by atoms with E-state index in [2.05, 4.69) is 15.6 Å². The van der Waals surface area contributed by atoms with Crippen LogP contribution < -0.4 is 10.6 Å². The fraction of sp³-hybridized carbons (Fsp3) is 0.538. The number of hydrogen-bond donors (Lipinski definition) is 2. The number of piperidine rings is 1. The van der Waals surface area contributed by atoms with Crippen molar-refractivity contribution in [3.8, 4) is 11.1 Å². The summed E-state index contributed by atoms with van der Waals surface area (Å²) in [5, 5.41) is 6.65. The number of carbonyl (C=O) groups is 1. The van der Waals surface area contributed by atoms with Gasteiger partial charge in [0.15, 0.2) is 0 Å². The van der Waals surface area contributed by atoms with Crippen molar-refractivity contribution in [2.45, 2.75) is 43.8 Å². The van der Waals surface area contributed by atoms with Crippen LogP contribution in [0.15, 0.2) is 36.5 Å². The molecule has 1 aromatic heterocycles. The van der Waals surface area contributed by atoms with E-state index in [1.807, 2.05) is 24.3 Å². The second kappa shape index (κ2) is 11.0. The van der Waals surface area contributed by atoms with Crippen molar-refractivity contribution in [2.24, 2.45) is 11.8 Å². The third-order valence-corrected chi connectivity index (χ3v) is 9.94. The lowest BCUT2D eigenvalue weighted by molar-refractivity contribution is -0.120. The highest BCUT2D eigenvalue weighted by Gasteiger charge is 2.42. The largest absolute Gasteiger partial charge is 0.385 e. The first-order valence-electron chi connectivity index (χ1n) is 12.8. The fourth-order valence-electron chi connectivity index (χ4n) is 4.93. The van der Waals surface area contributed by atoms with Gasteiger partial charge >= 0.3 is 0 Å². The number of hydrogen-bond acceptors (Lipinski definition) is 6. The molecule has 1 aliphatic carbocycles. The first kappa shape index (κ1) is 25.4. The molecule has 8 nitrogen and oxygen atoms in total. The van der Waals surface area contributed by atoms with Crippen molar-refractivity contribution >= 4 is 39.0 Å². The Labute approximate surface area is 217 Å². The molecule has 1 aromatic carbocycles. The van der Waals surface area contributed by atoms with Crippen molar-refractivity contribution in [1.82, 2.24) is 9.29 Å². The molecule has 2 aliphatic heterocycles. The first-order valence-corrected chi connectivity index (χ1v) is 14.7. The van der Waals surface area contributed by atoms with Crippen LogP contribution in [0.3, 0.4) is 0 Å². The van der Waals surface area contributed by atoms with Crippen molar-refractivity contribution in [3.63, 3.8) is 0 Å². The molecule has 3 heterocycles. The Morgan fingerprint density at radius 2 is 1.94 bits per heavy atom. The van der Waals surface area contributed by atoms with Crippen molar-refractivity contribution in [1.29, 1.82) is 0 Å². The molecule has 194 valence electrons. The van der Waals surface area contributed by atoms with E-state index in [-0.39, 0.29) is 17.7 Å². The van der Waals surface area contributed by atoms with Crippen LogP contribution in [0.1, 0.15) is 38.5 Å². The minimum Gasteiger partial charge on any atom is -0.385 e. The van der Waals surface area contributed by atoms with Crippen molar-refractivity contribution < 1.29 is 17.9 Å². The smallest absolute Gasteiger partial charge is 0.229 e. The number of nitrogens with one attached hydrogen (secondary N) is 2. The summed E-state index contributed by atoms with van der Waals surface area (Å²) in [5.74, 6) is 0.398. The molecule has 1 amide bonds. The number of carbonyl (C=O) groups excluding carboxylic acids is 1. The maximum absolute atomic E-state index is 13.0. The van der Waals surface area contributed by atoms with E-state index in [9.17, 15) is 13.2 Å². The van der Waals surface area contributed by atoms with Gasteiger partial charge in [0, 0.05) is 50.3 Å². The normalized spacial score (nSPS) is 21.8. The zero-order chi connectivity index (χ0) is 25.1. The molecule has 2 N–H and O–H groups in total. The third-order valence-electron chi connectivity index (χ3n) is 7.28. The van der Waals surface area contributed by atoms with Gasteiger partial charge in [-0.3, -0.25) is 4.79 Å². The van der Waals surface area contributed by atoms with E-state index < -0.39 is 15.9 Å². The highest BCUT2D eigenvalue weighted by Crippen LogP contribution is 2.34. The number of aromatic nitrogens is 1. The molecule has 2 aromatic rings. The standard InChI is InChI=1S/C26H33ClN4O4S/c27-24-16-29-25(30-26(32)20-4-2-10-31(17-20)36(33,34)22-6-7-22)14-23(24)19-3-1-5-21(13-19)28-15-18-8-11-35-12-9-18/h1,3,5,13-14,16,18,20,22,28H,2,4,6-12,15,17H2,(H,29,30,32)/t20-/m0/s1. The molecular weight excluding hydrogens is 500 g/mol. The third kappa shape index (κ3) is 6.02. The van der Waals surface area contributed by atoms with Gasteiger partial charge in [-0.15, -0.1) is 0 Å². The summed E-state index contributed by atoms with van der Waals surface area (Å²) in [6.45, 7) is 3.26. The maximum Gasteiger partial charge on any atom is 0.229 e. The Bertz CT molecular complexity index is 1200. The molecule has 2 saturated heterocycles. The van der Waals surface area contributed by atoms with E-state index in [4.69, 9.17) is 16.3 Å². The Balaban J connectivity index is 1.25. The van der Waals surface area contributed by atoms with Crippen LogP contribution in [0, 0.1) is 11.8 Å². The molecule has 1 saturated carbocycles. The number of halogens is 1. The van der Waals surface area contributed by atoms with Crippen LogP contribution >= 0.6 is 11.6 Å². The molecule has 0 bridgehead atoms. The van der Waals surface area contributed by atoms with Crippen LogP contribution in [0.25, 0.3) is 11.1 Å². The number of anilines is 2. The number of ether oxygens (including phenoxy) is 1. The van der Waals surface area contributed by atoms with E-state index in [0.717, 1.165) is 62.3 Å². The van der Waals surface area contributed by atoms with Crippen LogP contribution in [-0.4, -0.2) is 61.7 Å². The average molecular weight is 533 g/mol. The van der Waals surface area contributed by atoms with Gasteiger partial charge in [-0.25, -0.2) is 17.7 Å². The monoisotopic (exact) mass is 532 g/mol. The lowest BCUT2D eigenvalue weighted by atomic mass is 9.98. The summed E-state index contributed by atoms with van der Waals surface area (Å²) in [6, 6.07) is 9.82. The molecule has 10 heteroatoms. The van der Waals surface area contributed by atoms with Crippen LogP contribution in [0.5, 0.6) is 0 Å². The van der Waals surface area contributed by atoms with Gasteiger partial charge in [0.1, 0.15) is 5.82 Å². The zero-order valence-electron chi connectivity index (χ0n) is 20.3. The maximum atomic E-state index is 13.0. The van der Waals surface area contributed by atoms with Gasteiger partial charge in [0.25, 0.3) is 0 Å². The van der Waals surface area contributed by atoms with Gasteiger partial charge in [-0.05, 0) is 68.2 Å². The predicted octanol–water partition coefficient (Wildman–Crippen LogP) is 4.38. The Morgan fingerprint density at radius 1 is 1.14 bits per heavy atom. The summed E-state index contributed by atoms with van der Waals surface area (Å²) in [5.41, 5.74) is 2.71. The zero-order valence-corrected chi connectivity index (χ0v) is 21.9. The summed E-state index contributed by atoms with van der Waals surface area (Å²) >= 11 is 6.49. The molecule has 3 fully saturated rings. The number of rotatable bonds is 8. The van der Waals surface area contributed by atoms with E-state index in [1.165, 1.54) is 4.31 Å². The predicted molar refractivity (Wildman–Crippen MR) is 142 cm³/mol. The molecule has 36 heavy (non-hydrogen) atoms. The number of nitrogens with zero attached hydrogens (tertiary/aromatic N) is 2. The Kier molecular flexibility index (Phi) is 7.81. The summed E-state index contributed by atoms with van der Waals surface area (Å²) < 4.78 is 32.2. The second-order valence-electron chi connectivity index (χ2n) is 10.00. The molecule has 0 radical (unpaired) electrons. The van der Waals surface area contributed by atoms with E-state index in [1.54, 1.807) is 12.3 Å². The van der Waals surface area contributed by atoms with Crippen LogP contribution in [0.4, 0.5) is 11.5 Å². The summed E-state index contributed by atoms with van der Waals surface area (Å²) in [6.07, 6.45) is 6.45. The molecule has 5 rings (SSSR count). The lowest BCUT2D eigenvalue weighted by Gasteiger charge is -2.31. The van der Waals surface area contributed by atoms with Gasteiger partial charge in [0.05, 0.1) is 16.2 Å². The van der Waals surface area contributed by atoms with Gasteiger partial charge in [0.2, 0.25) is 15.9 Å². The molecule has 0 unspecified atom stereocenters.